The minimum atomic E-state index is -1.44. The predicted octanol–water partition coefficient (Wildman–Crippen LogP) is 0.422. The maximum atomic E-state index is 13.7. The van der Waals surface area contributed by atoms with Crippen LogP contribution in [0.15, 0.2) is 18.2 Å². The number of nitriles is 1. The molecule has 2 unspecified atom stereocenters. The number of benzene rings is 1. The summed E-state index contributed by atoms with van der Waals surface area (Å²) in [7, 11) is 0. The number of hydrogen-bond donors (Lipinski definition) is 3. The SMILES string of the molecule is CC(=O)NCC(O)C(O)c1ccc(CC#N)cc1F. The lowest BCUT2D eigenvalue weighted by Gasteiger charge is -2.19. The number of hydrogen-bond acceptors (Lipinski definition) is 4. The number of carbonyl (C=O) groups excluding carboxylic acids is 1. The third-order valence-corrected chi connectivity index (χ3v) is 2.59. The Kier molecular flexibility index (Phi) is 5.42. The Labute approximate surface area is 110 Å². The minimum Gasteiger partial charge on any atom is -0.388 e. The van der Waals surface area contributed by atoms with E-state index in [0.29, 0.717) is 5.56 Å². The van der Waals surface area contributed by atoms with Gasteiger partial charge in [-0.05, 0) is 11.6 Å². The Balaban J connectivity index is 2.79. The van der Waals surface area contributed by atoms with Crippen LogP contribution >= 0.6 is 0 Å². The van der Waals surface area contributed by atoms with Gasteiger partial charge in [0, 0.05) is 19.0 Å². The highest BCUT2D eigenvalue weighted by atomic mass is 19.1. The molecule has 1 aromatic rings. The first-order valence-electron chi connectivity index (χ1n) is 5.71. The zero-order valence-electron chi connectivity index (χ0n) is 10.4. The van der Waals surface area contributed by atoms with Crippen molar-refractivity contribution in [1.82, 2.24) is 5.32 Å². The first-order chi connectivity index (χ1) is 8.95. The minimum absolute atomic E-state index is 0.0699. The molecule has 0 bridgehead atoms. The molecule has 2 atom stereocenters. The van der Waals surface area contributed by atoms with Crippen LogP contribution in [0.4, 0.5) is 4.39 Å². The van der Waals surface area contributed by atoms with Crippen LogP contribution in [0, 0.1) is 17.1 Å². The van der Waals surface area contributed by atoms with Crippen molar-refractivity contribution < 1.29 is 19.4 Å². The van der Waals surface area contributed by atoms with Gasteiger partial charge in [-0.2, -0.15) is 5.26 Å². The van der Waals surface area contributed by atoms with E-state index in [4.69, 9.17) is 5.26 Å². The van der Waals surface area contributed by atoms with Crippen molar-refractivity contribution in [3.05, 3.63) is 35.1 Å². The molecule has 0 spiro atoms. The molecule has 5 nitrogen and oxygen atoms in total. The van der Waals surface area contributed by atoms with Crippen LogP contribution < -0.4 is 5.32 Å². The van der Waals surface area contributed by atoms with Crippen molar-refractivity contribution in [1.29, 1.82) is 5.26 Å². The molecule has 1 aromatic carbocycles. The normalized spacial score (nSPS) is 13.4. The number of amides is 1. The van der Waals surface area contributed by atoms with Gasteiger partial charge in [-0.25, -0.2) is 4.39 Å². The van der Waals surface area contributed by atoms with Crippen LogP contribution in [0.2, 0.25) is 0 Å². The average molecular weight is 266 g/mol. The Morgan fingerprint density at radius 1 is 1.53 bits per heavy atom. The Hall–Kier alpha value is -1.97. The number of nitrogens with zero attached hydrogens (tertiary/aromatic N) is 1. The summed E-state index contributed by atoms with van der Waals surface area (Å²) < 4.78 is 13.7. The van der Waals surface area contributed by atoms with Crippen molar-refractivity contribution in [3.63, 3.8) is 0 Å². The van der Waals surface area contributed by atoms with E-state index in [1.54, 1.807) is 0 Å². The van der Waals surface area contributed by atoms with Crippen molar-refractivity contribution in [2.24, 2.45) is 0 Å². The van der Waals surface area contributed by atoms with E-state index in [1.165, 1.54) is 19.1 Å². The molecular formula is C13H15FN2O3. The fourth-order valence-electron chi connectivity index (χ4n) is 1.58. The molecule has 102 valence electrons. The summed E-state index contributed by atoms with van der Waals surface area (Å²) in [6.07, 6.45) is -2.68. The van der Waals surface area contributed by atoms with E-state index in [0.717, 1.165) is 6.07 Å². The lowest BCUT2D eigenvalue weighted by molar-refractivity contribution is -0.119. The Morgan fingerprint density at radius 3 is 2.74 bits per heavy atom. The lowest BCUT2D eigenvalue weighted by Crippen LogP contribution is -2.34. The number of carbonyl (C=O) groups is 1. The number of aliphatic hydroxyl groups excluding tert-OH is 2. The van der Waals surface area contributed by atoms with E-state index < -0.39 is 18.0 Å². The van der Waals surface area contributed by atoms with Gasteiger partial charge in [-0.1, -0.05) is 12.1 Å². The number of aliphatic hydroxyl groups is 2. The first-order valence-corrected chi connectivity index (χ1v) is 5.71. The number of nitrogens with one attached hydrogen (secondary N) is 1. The fraction of sp³-hybridized carbons (Fsp3) is 0.385. The predicted molar refractivity (Wildman–Crippen MR) is 65.4 cm³/mol. The van der Waals surface area contributed by atoms with Crippen LogP contribution in [-0.4, -0.2) is 28.8 Å². The van der Waals surface area contributed by atoms with Crippen molar-refractivity contribution in [3.8, 4) is 6.07 Å². The zero-order chi connectivity index (χ0) is 14.4. The quantitative estimate of drug-likeness (QED) is 0.720. The second kappa shape index (κ2) is 6.83. The highest BCUT2D eigenvalue weighted by Gasteiger charge is 2.21. The molecule has 0 radical (unpaired) electrons. The standard InChI is InChI=1S/C13H15FN2O3/c1-8(17)16-7-12(18)13(19)10-3-2-9(4-5-15)6-11(10)14/h2-3,6,12-13,18-19H,4,7H2,1H3,(H,16,17). The summed E-state index contributed by atoms with van der Waals surface area (Å²) in [6, 6.07) is 5.87. The maximum absolute atomic E-state index is 13.7. The van der Waals surface area contributed by atoms with E-state index >= 15 is 0 Å². The van der Waals surface area contributed by atoms with Crippen LogP contribution in [0.5, 0.6) is 0 Å². The average Bonchev–Trinajstić information content (AvgIpc) is 2.35. The van der Waals surface area contributed by atoms with Gasteiger partial charge in [-0.15, -0.1) is 0 Å². The lowest BCUT2D eigenvalue weighted by atomic mass is 10.0. The van der Waals surface area contributed by atoms with Crippen LogP contribution in [0.3, 0.4) is 0 Å². The van der Waals surface area contributed by atoms with Gasteiger partial charge < -0.3 is 15.5 Å². The van der Waals surface area contributed by atoms with Crippen molar-refractivity contribution >= 4 is 5.91 Å². The molecule has 0 saturated heterocycles. The van der Waals surface area contributed by atoms with E-state index in [-0.39, 0.29) is 24.4 Å². The molecule has 0 aliphatic carbocycles. The molecule has 0 fully saturated rings. The van der Waals surface area contributed by atoms with Crippen molar-refractivity contribution in [2.75, 3.05) is 6.54 Å². The highest BCUT2D eigenvalue weighted by Crippen LogP contribution is 2.21. The molecule has 1 rings (SSSR count). The van der Waals surface area contributed by atoms with Gasteiger partial charge in [0.1, 0.15) is 18.0 Å². The Morgan fingerprint density at radius 2 is 2.21 bits per heavy atom. The molecule has 0 heterocycles. The molecule has 19 heavy (non-hydrogen) atoms. The highest BCUT2D eigenvalue weighted by molar-refractivity contribution is 5.72. The second-order valence-corrected chi connectivity index (χ2v) is 4.14. The summed E-state index contributed by atoms with van der Waals surface area (Å²) in [6.45, 7) is 1.10. The van der Waals surface area contributed by atoms with Crippen LogP contribution in [0.1, 0.15) is 24.2 Å². The summed E-state index contributed by atoms with van der Waals surface area (Å²) in [5.74, 6) is -1.04. The van der Waals surface area contributed by atoms with Gasteiger partial charge >= 0.3 is 0 Å². The van der Waals surface area contributed by atoms with Gasteiger partial charge in [0.15, 0.2) is 0 Å². The van der Waals surface area contributed by atoms with E-state index in [9.17, 15) is 19.4 Å². The zero-order valence-corrected chi connectivity index (χ0v) is 10.4. The molecule has 0 aliphatic heterocycles. The number of rotatable bonds is 5. The molecule has 0 saturated carbocycles. The topological polar surface area (TPSA) is 93.3 Å². The van der Waals surface area contributed by atoms with E-state index in [2.05, 4.69) is 5.32 Å². The summed E-state index contributed by atoms with van der Waals surface area (Å²) >= 11 is 0. The molecule has 0 aliphatic rings. The molecule has 3 N–H and O–H groups in total. The summed E-state index contributed by atoms with van der Waals surface area (Å²) in [5, 5.41) is 30.3. The van der Waals surface area contributed by atoms with Crippen molar-refractivity contribution in [2.45, 2.75) is 25.6 Å². The van der Waals surface area contributed by atoms with Gasteiger partial charge in [0.25, 0.3) is 0 Å². The molecule has 0 aromatic heterocycles. The Bertz CT molecular complexity index is 499. The smallest absolute Gasteiger partial charge is 0.216 e. The monoisotopic (exact) mass is 266 g/mol. The van der Waals surface area contributed by atoms with E-state index in [1.807, 2.05) is 6.07 Å². The molecule has 1 amide bonds. The fourth-order valence-corrected chi connectivity index (χ4v) is 1.58. The second-order valence-electron chi connectivity index (χ2n) is 4.14. The largest absolute Gasteiger partial charge is 0.388 e. The molecule has 6 heteroatoms. The molecular weight excluding hydrogens is 251 g/mol. The third-order valence-electron chi connectivity index (χ3n) is 2.59. The van der Waals surface area contributed by atoms with Crippen LogP contribution in [0.25, 0.3) is 0 Å². The van der Waals surface area contributed by atoms with Gasteiger partial charge in [0.05, 0.1) is 12.5 Å². The van der Waals surface area contributed by atoms with Crippen LogP contribution in [-0.2, 0) is 11.2 Å². The first kappa shape index (κ1) is 15.1. The van der Waals surface area contributed by atoms with Gasteiger partial charge in [0.2, 0.25) is 5.91 Å². The summed E-state index contributed by atoms with van der Waals surface area (Å²) in [5.41, 5.74) is 0.423. The maximum Gasteiger partial charge on any atom is 0.216 e. The third kappa shape index (κ3) is 4.32. The number of halogens is 1. The summed E-state index contributed by atoms with van der Waals surface area (Å²) in [4.78, 5) is 10.7. The van der Waals surface area contributed by atoms with Gasteiger partial charge in [-0.3, -0.25) is 4.79 Å².